The van der Waals surface area contributed by atoms with Crippen LogP contribution in [-0.4, -0.2) is 38.2 Å². The minimum absolute atomic E-state index is 0.501. The van der Waals surface area contributed by atoms with Crippen molar-refractivity contribution in [2.24, 2.45) is 0 Å². The summed E-state index contributed by atoms with van der Waals surface area (Å²) < 4.78 is 7.18. The molecule has 6 heteroatoms. The Kier molecular flexibility index (Phi) is 5.34. The summed E-state index contributed by atoms with van der Waals surface area (Å²) in [5, 5.41) is 15.5. The Morgan fingerprint density at radius 2 is 2.18 bits per heavy atom. The second-order valence-corrected chi connectivity index (χ2v) is 5.78. The topological polar surface area (TPSA) is 60.2 Å². The van der Waals surface area contributed by atoms with Crippen molar-refractivity contribution in [3.63, 3.8) is 0 Å². The molecule has 1 atom stereocenters. The zero-order chi connectivity index (χ0) is 16.2. The SMILES string of the molecule is CCOC(C)(C)C(O)C(=Cc1ccccc1Cl)n1cncn1. The molecule has 0 bridgehead atoms. The first-order valence-corrected chi connectivity index (χ1v) is 7.46. The molecule has 2 rings (SSSR count). The summed E-state index contributed by atoms with van der Waals surface area (Å²) in [6, 6.07) is 7.41. The fraction of sp³-hybridized carbons (Fsp3) is 0.375. The highest BCUT2D eigenvalue weighted by atomic mass is 35.5. The zero-order valence-electron chi connectivity index (χ0n) is 12.9. The summed E-state index contributed by atoms with van der Waals surface area (Å²) >= 11 is 6.21. The number of halogens is 1. The number of hydrogen-bond donors (Lipinski definition) is 1. The Balaban J connectivity index is 2.47. The fourth-order valence-electron chi connectivity index (χ4n) is 2.17. The molecule has 0 saturated heterocycles. The molecule has 5 nitrogen and oxygen atoms in total. The van der Waals surface area contributed by atoms with Crippen molar-refractivity contribution in [1.29, 1.82) is 0 Å². The van der Waals surface area contributed by atoms with E-state index in [1.54, 1.807) is 12.1 Å². The highest BCUT2D eigenvalue weighted by molar-refractivity contribution is 6.32. The molecule has 0 spiro atoms. The van der Waals surface area contributed by atoms with Crippen molar-refractivity contribution in [2.75, 3.05) is 6.61 Å². The average molecular weight is 322 g/mol. The number of hydrogen-bond acceptors (Lipinski definition) is 4. The number of aromatic nitrogens is 3. The number of rotatable bonds is 6. The van der Waals surface area contributed by atoms with Gasteiger partial charge in [-0.1, -0.05) is 29.8 Å². The van der Waals surface area contributed by atoms with Gasteiger partial charge in [0.05, 0.1) is 11.3 Å². The van der Waals surface area contributed by atoms with Gasteiger partial charge < -0.3 is 9.84 Å². The number of aliphatic hydroxyl groups is 1. The molecule has 0 saturated carbocycles. The van der Waals surface area contributed by atoms with Crippen molar-refractivity contribution < 1.29 is 9.84 Å². The van der Waals surface area contributed by atoms with Gasteiger partial charge in [-0.2, -0.15) is 5.10 Å². The van der Waals surface area contributed by atoms with Gasteiger partial charge in [0.25, 0.3) is 0 Å². The van der Waals surface area contributed by atoms with E-state index in [1.165, 1.54) is 17.3 Å². The molecule has 0 amide bonds. The number of benzene rings is 1. The van der Waals surface area contributed by atoms with E-state index in [4.69, 9.17) is 16.3 Å². The first-order chi connectivity index (χ1) is 10.5. The van der Waals surface area contributed by atoms with Crippen LogP contribution in [0.2, 0.25) is 5.02 Å². The monoisotopic (exact) mass is 321 g/mol. The summed E-state index contributed by atoms with van der Waals surface area (Å²) in [6.45, 7) is 6.05. The highest BCUT2D eigenvalue weighted by Crippen LogP contribution is 2.27. The van der Waals surface area contributed by atoms with Gasteiger partial charge in [-0.25, -0.2) is 9.67 Å². The molecule has 2 aromatic rings. The van der Waals surface area contributed by atoms with Crippen molar-refractivity contribution >= 4 is 23.4 Å². The number of aliphatic hydroxyl groups excluding tert-OH is 1. The number of ether oxygens (including phenoxy) is 1. The molecule has 0 aliphatic heterocycles. The molecule has 0 aliphatic carbocycles. The van der Waals surface area contributed by atoms with Crippen LogP contribution in [-0.2, 0) is 4.74 Å². The molecule has 22 heavy (non-hydrogen) atoms. The van der Waals surface area contributed by atoms with Crippen LogP contribution in [0.5, 0.6) is 0 Å². The molecule has 1 unspecified atom stereocenters. The highest BCUT2D eigenvalue weighted by Gasteiger charge is 2.32. The average Bonchev–Trinajstić information content (AvgIpc) is 2.99. The fourth-order valence-corrected chi connectivity index (χ4v) is 2.36. The standard InChI is InChI=1S/C16H20ClN3O2/c1-4-22-16(2,3)15(21)14(20-11-18-10-19-20)9-12-7-5-6-8-13(12)17/h5-11,15,21H,4H2,1-3H3. The number of nitrogens with zero attached hydrogens (tertiary/aromatic N) is 3. The summed E-state index contributed by atoms with van der Waals surface area (Å²) in [5.74, 6) is 0. The molecular formula is C16H20ClN3O2. The molecule has 1 heterocycles. The largest absolute Gasteiger partial charge is 0.384 e. The third kappa shape index (κ3) is 3.74. The van der Waals surface area contributed by atoms with E-state index < -0.39 is 11.7 Å². The van der Waals surface area contributed by atoms with Crippen LogP contribution in [0.15, 0.2) is 36.9 Å². The van der Waals surface area contributed by atoms with E-state index in [0.717, 1.165) is 5.56 Å². The maximum absolute atomic E-state index is 10.8. The molecule has 1 aromatic carbocycles. The Bertz CT molecular complexity index is 639. The molecule has 0 radical (unpaired) electrons. The van der Waals surface area contributed by atoms with Gasteiger partial charge in [-0.15, -0.1) is 0 Å². The van der Waals surface area contributed by atoms with Crippen molar-refractivity contribution in [3.05, 3.63) is 47.5 Å². The van der Waals surface area contributed by atoms with E-state index in [-0.39, 0.29) is 0 Å². The second-order valence-electron chi connectivity index (χ2n) is 5.37. The third-order valence-electron chi connectivity index (χ3n) is 3.35. The molecule has 0 fully saturated rings. The summed E-state index contributed by atoms with van der Waals surface area (Å²) in [6.07, 6.45) is 3.85. The van der Waals surface area contributed by atoms with Gasteiger partial charge in [-0.3, -0.25) is 0 Å². The van der Waals surface area contributed by atoms with Crippen LogP contribution >= 0.6 is 11.6 Å². The summed E-state index contributed by atoms with van der Waals surface area (Å²) in [5.41, 5.74) is 0.568. The van der Waals surface area contributed by atoms with E-state index in [9.17, 15) is 5.11 Å². The predicted octanol–water partition coefficient (Wildman–Crippen LogP) is 3.11. The lowest BCUT2D eigenvalue weighted by Gasteiger charge is -2.31. The Hall–Kier alpha value is -1.69. The molecular weight excluding hydrogens is 302 g/mol. The summed E-state index contributed by atoms with van der Waals surface area (Å²) in [4.78, 5) is 3.94. The van der Waals surface area contributed by atoms with Gasteiger partial charge in [-0.05, 0) is 38.5 Å². The Morgan fingerprint density at radius 1 is 1.45 bits per heavy atom. The van der Waals surface area contributed by atoms with E-state index >= 15 is 0 Å². The quantitative estimate of drug-likeness (QED) is 0.888. The molecule has 1 aromatic heterocycles. The van der Waals surface area contributed by atoms with Crippen LogP contribution in [0.25, 0.3) is 11.8 Å². The van der Waals surface area contributed by atoms with Gasteiger partial charge in [0.1, 0.15) is 18.8 Å². The Morgan fingerprint density at radius 3 is 2.77 bits per heavy atom. The molecule has 1 N–H and O–H groups in total. The van der Waals surface area contributed by atoms with Crippen LogP contribution in [0.4, 0.5) is 0 Å². The normalized spacial score (nSPS) is 14.1. The molecule has 118 valence electrons. The predicted molar refractivity (Wildman–Crippen MR) is 87.4 cm³/mol. The maximum Gasteiger partial charge on any atom is 0.138 e. The van der Waals surface area contributed by atoms with Crippen molar-refractivity contribution in [1.82, 2.24) is 14.8 Å². The van der Waals surface area contributed by atoms with Crippen LogP contribution in [0, 0.1) is 0 Å². The Labute approximate surface area is 135 Å². The lowest BCUT2D eigenvalue weighted by Crippen LogP contribution is -2.41. The zero-order valence-corrected chi connectivity index (χ0v) is 13.7. The minimum atomic E-state index is -0.898. The van der Waals surface area contributed by atoms with Gasteiger partial charge in [0, 0.05) is 11.6 Å². The lowest BCUT2D eigenvalue weighted by atomic mass is 9.97. The first kappa shape index (κ1) is 16.7. The van der Waals surface area contributed by atoms with Crippen molar-refractivity contribution in [2.45, 2.75) is 32.5 Å². The van der Waals surface area contributed by atoms with E-state index in [2.05, 4.69) is 10.1 Å². The van der Waals surface area contributed by atoms with E-state index in [0.29, 0.717) is 17.3 Å². The molecule has 0 aliphatic rings. The third-order valence-corrected chi connectivity index (χ3v) is 3.69. The van der Waals surface area contributed by atoms with Crippen LogP contribution in [0.1, 0.15) is 26.3 Å². The van der Waals surface area contributed by atoms with Gasteiger partial charge >= 0.3 is 0 Å². The second kappa shape index (κ2) is 7.05. The maximum atomic E-state index is 10.8. The van der Waals surface area contributed by atoms with Crippen LogP contribution < -0.4 is 0 Å². The first-order valence-electron chi connectivity index (χ1n) is 7.09. The summed E-state index contributed by atoms with van der Waals surface area (Å²) in [7, 11) is 0. The minimum Gasteiger partial charge on any atom is -0.384 e. The van der Waals surface area contributed by atoms with Gasteiger partial charge in [0.15, 0.2) is 0 Å². The van der Waals surface area contributed by atoms with Gasteiger partial charge in [0.2, 0.25) is 0 Å². The van der Waals surface area contributed by atoms with Crippen LogP contribution in [0.3, 0.4) is 0 Å². The smallest absolute Gasteiger partial charge is 0.138 e. The lowest BCUT2D eigenvalue weighted by molar-refractivity contribution is -0.0753. The van der Waals surface area contributed by atoms with E-state index in [1.807, 2.05) is 39.0 Å². The van der Waals surface area contributed by atoms with Crippen molar-refractivity contribution in [3.8, 4) is 0 Å².